The van der Waals surface area contributed by atoms with Gasteiger partial charge in [-0.3, -0.25) is 14.7 Å². The van der Waals surface area contributed by atoms with Gasteiger partial charge >= 0.3 is 0 Å². The van der Waals surface area contributed by atoms with Gasteiger partial charge in [-0.15, -0.1) is 0 Å². The summed E-state index contributed by atoms with van der Waals surface area (Å²) in [6.07, 6.45) is 4.96. The number of ether oxygens (including phenoxy) is 1. The van der Waals surface area contributed by atoms with E-state index in [0.717, 1.165) is 48.0 Å². The molecule has 0 N–H and O–H groups in total. The summed E-state index contributed by atoms with van der Waals surface area (Å²) in [5.74, 6) is 0.941. The zero-order valence-corrected chi connectivity index (χ0v) is 17.0. The number of rotatable bonds is 4. The highest BCUT2D eigenvalue weighted by Crippen LogP contribution is 2.37. The second kappa shape index (κ2) is 8.23. The largest absolute Gasteiger partial charge is 0.493 e. The summed E-state index contributed by atoms with van der Waals surface area (Å²) < 4.78 is 5.70. The number of fused-ring (bicyclic) bond motifs is 1. The molecule has 1 saturated heterocycles. The zero-order valence-electron chi connectivity index (χ0n) is 16.2. The quantitative estimate of drug-likeness (QED) is 0.664. The number of hydrogen-bond acceptors (Lipinski definition) is 4. The number of nitrogens with zero attached hydrogens (tertiary/aromatic N) is 2. The summed E-state index contributed by atoms with van der Waals surface area (Å²) in [5.41, 5.74) is 3.09. The third-order valence-corrected chi connectivity index (χ3v) is 5.96. The molecule has 0 bridgehead atoms. The highest BCUT2D eigenvalue weighted by atomic mass is 32.2. The molecule has 2 aromatic carbocycles. The first-order valence-electron chi connectivity index (χ1n) is 9.78. The lowest BCUT2D eigenvalue weighted by molar-refractivity contribution is -0.113. The molecule has 1 unspecified atom stereocenters. The van der Waals surface area contributed by atoms with Crippen molar-refractivity contribution >= 4 is 34.6 Å². The minimum atomic E-state index is -0.0211. The van der Waals surface area contributed by atoms with Crippen molar-refractivity contribution in [1.29, 1.82) is 0 Å². The Bertz CT molecular complexity index is 937. The second-order valence-electron chi connectivity index (χ2n) is 7.07. The normalized spacial score (nSPS) is 20.4. The predicted molar refractivity (Wildman–Crippen MR) is 117 cm³/mol. The Morgan fingerprint density at radius 2 is 2.07 bits per heavy atom. The average Bonchev–Trinajstić information content (AvgIpc) is 3.03. The van der Waals surface area contributed by atoms with E-state index in [1.54, 1.807) is 4.90 Å². The minimum absolute atomic E-state index is 0.0211. The molecule has 4 nitrogen and oxygen atoms in total. The average molecular weight is 393 g/mol. The fraction of sp³-hybridized carbons (Fsp3) is 0.304. The number of carbonyl (C=O) groups is 1. The summed E-state index contributed by atoms with van der Waals surface area (Å²) in [6, 6.07) is 16.1. The van der Waals surface area contributed by atoms with Gasteiger partial charge in [0.05, 0.1) is 17.2 Å². The van der Waals surface area contributed by atoms with Crippen LogP contribution in [0, 0.1) is 0 Å². The van der Waals surface area contributed by atoms with Crippen LogP contribution in [0.25, 0.3) is 6.08 Å². The van der Waals surface area contributed by atoms with Gasteiger partial charge in [0.25, 0.3) is 5.91 Å². The number of anilines is 1. The maximum atomic E-state index is 13.2. The third kappa shape index (κ3) is 3.85. The Hall–Kier alpha value is -2.53. The smallest absolute Gasteiger partial charge is 0.271 e. The van der Waals surface area contributed by atoms with Gasteiger partial charge < -0.3 is 4.74 Å². The minimum Gasteiger partial charge on any atom is -0.493 e. The number of amides is 1. The van der Waals surface area contributed by atoms with E-state index in [1.807, 2.05) is 48.5 Å². The zero-order chi connectivity index (χ0) is 19.5. The Kier molecular flexibility index (Phi) is 5.53. The van der Waals surface area contributed by atoms with Gasteiger partial charge in [0, 0.05) is 6.04 Å². The van der Waals surface area contributed by atoms with Crippen LogP contribution in [0.2, 0.25) is 0 Å². The maximum Gasteiger partial charge on any atom is 0.271 e. The first kappa shape index (κ1) is 18.8. The van der Waals surface area contributed by atoms with E-state index in [4.69, 9.17) is 9.73 Å². The number of thioether (sulfide) groups is 1. The lowest BCUT2D eigenvalue weighted by Gasteiger charge is -2.17. The van der Waals surface area contributed by atoms with Gasteiger partial charge in [0.2, 0.25) is 0 Å². The topological polar surface area (TPSA) is 41.9 Å². The molecule has 2 aromatic rings. The van der Waals surface area contributed by atoms with Gasteiger partial charge in [0.1, 0.15) is 5.75 Å². The van der Waals surface area contributed by atoms with E-state index < -0.39 is 0 Å². The molecule has 4 rings (SSSR count). The molecule has 0 spiro atoms. The van der Waals surface area contributed by atoms with E-state index in [2.05, 4.69) is 19.9 Å². The Balaban J connectivity index is 1.69. The third-order valence-electron chi connectivity index (χ3n) is 4.97. The first-order valence-corrected chi connectivity index (χ1v) is 10.6. The molecule has 5 heteroatoms. The lowest BCUT2D eigenvalue weighted by atomic mass is 10.0. The summed E-state index contributed by atoms with van der Waals surface area (Å²) in [7, 11) is 0. The number of para-hydroxylation sites is 1. The summed E-state index contributed by atoms with van der Waals surface area (Å²) in [6.45, 7) is 4.96. The van der Waals surface area contributed by atoms with Crippen molar-refractivity contribution in [2.75, 3.05) is 11.5 Å². The van der Waals surface area contributed by atoms with Crippen LogP contribution in [-0.4, -0.2) is 23.7 Å². The molecule has 0 radical (unpaired) electrons. The maximum absolute atomic E-state index is 13.2. The van der Waals surface area contributed by atoms with Gasteiger partial charge in [-0.05, 0) is 79.4 Å². The highest BCUT2D eigenvalue weighted by Gasteiger charge is 2.34. The summed E-state index contributed by atoms with van der Waals surface area (Å²) in [4.78, 5) is 20.4. The number of hydrogen-bond donors (Lipinski definition) is 0. The van der Waals surface area contributed by atoms with Crippen molar-refractivity contribution in [3.8, 4) is 5.75 Å². The summed E-state index contributed by atoms with van der Waals surface area (Å²) >= 11 is 1.45. The molecule has 1 fully saturated rings. The van der Waals surface area contributed by atoms with Crippen LogP contribution in [0.3, 0.4) is 0 Å². The molecule has 2 heterocycles. The van der Waals surface area contributed by atoms with Crippen molar-refractivity contribution in [1.82, 2.24) is 0 Å². The fourth-order valence-electron chi connectivity index (χ4n) is 3.27. The molecule has 0 aromatic heterocycles. The highest BCUT2D eigenvalue weighted by molar-refractivity contribution is 8.19. The SMILES string of the molecule is CCC(C)/N=C1\S/C(=C\c2ccc3c(c2)CCCO3)C(=O)N1c1ccccc1. The molecule has 2 aliphatic heterocycles. The molecular formula is C23H24N2O2S. The number of amidine groups is 1. The standard InChI is InChI=1S/C23H24N2O2S/c1-3-16(2)24-23-25(19-9-5-4-6-10-19)22(26)21(28-23)15-17-11-12-20-18(14-17)8-7-13-27-20/h4-6,9-12,14-16H,3,7-8,13H2,1-2H3/b21-15-,24-23-. The second-order valence-corrected chi connectivity index (χ2v) is 8.08. The molecule has 0 aliphatic carbocycles. The number of carbonyl (C=O) groups excluding carboxylic acids is 1. The monoisotopic (exact) mass is 392 g/mol. The van der Waals surface area contributed by atoms with E-state index in [0.29, 0.717) is 4.91 Å². The van der Waals surface area contributed by atoms with Crippen LogP contribution in [0.15, 0.2) is 58.4 Å². The number of aliphatic imine (C=N–C) groups is 1. The van der Waals surface area contributed by atoms with Crippen molar-refractivity contribution in [2.24, 2.45) is 4.99 Å². The van der Waals surface area contributed by atoms with Crippen molar-refractivity contribution in [3.05, 3.63) is 64.6 Å². The summed E-state index contributed by atoms with van der Waals surface area (Å²) in [5, 5.41) is 0.748. The Labute approximate surface area is 170 Å². The van der Waals surface area contributed by atoms with Crippen LogP contribution < -0.4 is 9.64 Å². The van der Waals surface area contributed by atoms with Crippen LogP contribution in [0.4, 0.5) is 5.69 Å². The van der Waals surface area contributed by atoms with E-state index in [9.17, 15) is 4.79 Å². The van der Waals surface area contributed by atoms with Crippen molar-refractivity contribution < 1.29 is 9.53 Å². The Morgan fingerprint density at radius 1 is 1.25 bits per heavy atom. The van der Waals surface area contributed by atoms with Gasteiger partial charge in [-0.25, -0.2) is 0 Å². The molecular weight excluding hydrogens is 368 g/mol. The molecule has 1 atom stereocenters. The molecule has 2 aliphatic rings. The van der Waals surface area contributed by atoms with E-state index >= 15 is 0 Å². The number of benzene rings is 2. The van der Waals surface area contributed by atoms with Crippen molar-refractivity contribution in [3.63, 3.8) is 0 Å². The van der Waals surface area contributed by atoms with E-state index in [1.165, 1.54) is 17.3 Å². The van der Waals surface area contributed by atoms with Gasteiger partial charge in [0.15, 0.2) is 5.17 Å². The van der Waals surface area contributed by atoms with Crippen LogP contribution in [0.5, 0.6) is 5.75 Å². The lowest BCUT2D eigenvalue weighted by Crippen LogP contribution is -2.29. The molecule has 1 amide bonds. The number of aryl methyl sites for hydroxylation is 1. The fourth-order valence-corrected chi connectivity index (χ4v) is 4.35. The van der Waals surface area contributed by atoms with E-state index in [-0.39, 0.29) is 11.9 Å². The first-order chi connectivity index (χ1) is 13.7. The molecule has 28 heavy (non-hydrogen) atoms. The van der Waals surface area contributed by atoms with Crippen LogP contribution in [0.1, 0.15) is 37.8 Å². The van der Waals surface area contributed by atoms with Gasteiger partial charge in [-0.1, -0.05) is 31.2 Å². The van der Waals surface area contributed by atoms with Crippen LogP contribution in [-0.2, 0) is 11.2 Å². The predicted octanol–water partition coefficient (Wildman–Crippen LogP) is 5.29. The molecule has 144 valence electrons. The van der Waals surface area contributed by atoms with Crippen molar-refractivity contribution in [2.45, 2.75) is 39.2 Å². The Morgan fingerprint density at radius 3 is 2.86 bits per heavy atom. The molecule has 0 saturated carbocycles. The van der Waals surface area contributed by atoms with Crippen LogP contribution >= 0.6 is 11.8 Å². The van der Waals surface area contributed by atoms with Gasteiger partial charge in [-0.2, -0.15) is 0 Å².